The van der Waals surface area contributed by atoms with Crippen molar-refractivity contribution in [1.82, 2.24) is 27.9 Å². The Bertz CT molecular complexity index is 3080. The van der Waals surface area contributed by atoms with Gasteiger partial charge >= 0.3 is 0 Å². The van der Waals surface area contributed by atoms with Gasteiger partial charge in [0.2, 0.25) is 11.6 Å². The Morgan fingerprint density at radius 1 is 0.549 bits per heavy atom. The second-order valence-electron chi connectivity index (χ2n) is 14.8. The number of hydrogen-bond acceptors (Lipinski definition) is 3. The van der Waals surface area contributed by atoms with E-state index >= 15 is 0 Å². The van der Waals surface area contributed by atoms with E-state index in [9.17, 15) is 0 Å². The summed E-state index contributed by atoms with van der Waals surface area (Å²) >= 11 is 0. The number of nitrogens with zero attached hydrogens (tertiary/aromatic N) is 6. The van der Waals surface area contributed by atoms with Crippen molar-refractivity contribution in [1.29, 1.82) is 0 Å². The summed E-state index contributed by atoms with van der Waals surface area (Å²) in [6, 6.07) is 47.3. The molecule has 0 radical (unpaired) electrons. The van der Waals surface area contributed by atoms with E-state index in [1.807, 2.05) is 0 Å². The van der Waals surface area contributed by atoms with E-state index in [2.05, 4.69) is 178 Å². The van der Waals surface area contributed by atoms with Gasteiger partial charge in [0.1, 0.15) is 5.75 Å². The first-order chi connectivity index (χ1) is 24.8. The van der Waals surface area contributed by atoms with Gasteiger partial charge in [-0.2, -0.15) is 0 Å². The molecule has 1 aliphatic heterocycles. The fourth-order valence-corrected chi connectivity index (χ4v) is 11.3. The van der Waals surface area contributed by atoms with Crippen LogP contribution in [0.5, 0.6) is 11.5 Å². The van der Waals surface area contributed by atoms with Crippen molar-refractivity contribution in [2.24, 2.45) is 0 Å². The number of benzene rings is 6. The summed E-state index contributed by atoms with van der Waals surface area (Å²) in [6.07, 6.45) is 0. The normalized spacial score (nSPS) is 15.1. The minimum Gasteiger partial charge on any atom is -0.455 e. The molecule has 0 fully saturated rings. The molecule has 4 aromatic heterocycles. The number of rotatable bonds is 2. The lowest BCUT2D eigenvalue weighted by Gasteiger charge is -2.39. The molecule has 0 amide bonds. The number of aromatic nitrogens is 6. The van der Waals surface area contributed by atoms with Gasteiger partial charge in [0.15, 0.2) is 5.75 Å². The molecule has 1 aliphatic rings. The highest BCUT2D eigenvalue weighted by molar-refractivity contribution is 6.92. The molecule has 5 heterocycles. The highest BCUT2D eigenvalue weighted by atomic mass is 28.3. The van der Waals surface area contributed by atoms with Crippen LogP contribution in [0.15, 0.2) is 133 Å². The molecular weight excluding hydrogens is 645 g/mol. The van der Waals surface area contributed by atoms with Crippen molar-refractivity contribution in [3.05, 3.63) is 139 Å². The highest BCUT2D eigenvalue weighted by Gasteiger charge is 2.48. The summed E-state index contributed by atoms with van der Waals surface area (Å²) in [5, 5.41) is 1.10. The summed E-state index contributed by atoms with van der Waals surface area (Å²) in [4.78, 5) is 10.3. The van der Waals surface area contributed by atoms with Crippen LogP contribution in [-0.4, -0.2) is 36.0 Å². The van der Waals surface area contributed by atoms with Crippen LogP contribution in [-0.2, 0) is 5.04 Å². The lowest BCUT2D eigenvalue weighted by atomic mass is 9.99. The summed E-state index contributed by atoms with van der Waals surface area (Å²) < 4.78 is 16.4. The maximum Gasteiger partial charge on any atom is 0.220 e. The Morgan fingerprint density at radius 3 is 1.71 bits per heavy atom. The third kappa shape index (κ3) is 3.62. The maximum absolute atomic E-state index is 7.24. The summed E-state index contributed by atoms with van der Waals surface area (Å²) in [7, 11) is -2.29. The van der Waals surface area contributed by atoms with Gasteiger partial charge in [-0.25, -0.2) is 9.97 Å². The Hall–Kier alpha value is -6.12. The first-order valence-electron chi connectivity index (χ1n) is 17.5. The lowest BCUT2D eigenvalue weighted by Crippen LogP contribution is -2.56. The second-order valence-corrected chi connectivity index (χ2v) is 19.8. The molecule has 51 heavy (non-hydrogen) atoms. The van der Waals surface area contributed by atoms with Gasteiger partial charge in [-0.1, -0.05) is 87.6 Å². The monoisotopic (exact) mass is 678 g/mol. The molecule has 0 unspecified atom stereocenters. The van der Waals surface area contributed by atoms with Gasteiger partial charge in [-0.3, -0.25) is 17.9 Å². The van der Waals surface area contributed by atoms with Crippen molar-refractivity contribution in [2.45, 2.75) is 32.0 Å². The lowest BCUT2D eigenvalue weighted by molar-refractivity contribution is 0.474. The van der Waals surface area contributed by atoms with Crippen LogP contribution < -0.4 is 9.92 Å². The molecule has 0 aliphatic carbocycles. The van der Waals surface area contributed by atoms with Crippen LogP contribution >= 0.6 is 0 Å². The first kappa shape index (κ1) is 28.7. The zero-order valence-electron chi connectivity index (χ0n) is 28.8. The Morgan fingerprint density at radius 2 is 1.08 bits per heavy atom. The van der Waals surface area contributed by atoms with Crippen molar-refractivity contribution in [3.63, 3.8) is 0 Å². The average Bonchev–Trinajstić information content (AvgIpc) is 3.87. The van der Waals surface area contributed by atoms with E-state index < -0.39 is 8.07 Å². The molecule has 0 saturated carbocycles. The van der Waals surface area contributed by atoms with Crippen molar-refractivity contribution >= 4 is 68.9 Å². The predicted octanol–water partition coefficient (Wildman–Crippen LogP) is 9.71. The predicted molar refractivity (Wildman–Crippen MR) is 209 cm³/mol. The van der Waals surface area contributed by atoms with Gasteiger partial charge in [0.05, 0.1) is 57.9 Å². The molecule has 246 valence electrons. The Labute approximate surface area is 294 Å². The van der Waals surface area contributed by atoms with E-state index in [-0.39, 0.29) is 5.04 Å². The van der Waals surface area contributed by atoms with Crippen LogP contribution in [0.3, 0.4) is 0 Å². The third-order valence-corrected chi connectivity index (χ3v) is 16.9. The minimum absolute atomic E-state index is 0.183. The number of hydrogen-bond donors (Lipinski definition) is 0. The van der Waals surface area contributed by atoms with Crippen LogP contribution in [0.2, 0.25) is 13.1 Å². The molecule has 10 aromatic rings. The first-order valence-corrected chi connectivity index (χ1v) is 20.5. The molecule has 8 heteroatoms. The topological polar surface area (TPSA) is 53.7 Å². The van der Waals surface area contributed by atoms with Crippen LogP contribution in [0.4, 0.5) is 0 Å². The van der Waals surface area contributed by atoms with Gasteiger partial charge in [-0.15, -0.1) is 0 Å². The Balaban J connectivity index is 1.17. The molecule has 0 atom stereocenters. The van der Waals surface area contributed by atoms with Gasteiger partial charge in [0, 0.05) is 11.3 Å². The van der Waals surface area contributed by atoms with Crippen molar-refractivity contribution in [3.8, 4) is 22.9 Å². The van der Waals surface area contributed by atoms with Gasteiger partial charge in [0.25, 0.3) is 0 Å². The van der Waals surface area contributed by atoms with E-state index in [0.717, 1.165) is 78.6 Å². The fraction of sp³-hybridized carbons (Fsp3) is 0.116. The van der Waals surface area contributed by atoms with Crippen LogP contribution in [0.25, 0.3) is 67.1 Å². The van der Waals surface area contributed by atoms with Gasteiger partial charge in [-0.05, 0) is 83.0 Å². The third-order valence-electron chi connectivity index (χ3n) is 11.8. The number of ether oxygens (including phenoxy) is 1. The SMILES string of the molecule is CC1(C)c2cccc(-n3c4ccccc4n4c5ccccc5nc34)c2Oc2ccc(-n3c4ccccc4n4c5ccccc5nc34)cc2[Si]1(C)C. The molecule has 6 aromatic carbocycles. The van der Waals surface area contributed by atoms with Crippen LogP contribution in [0.1, 0.15) is 19.4 Å². The molecule has 11 rings (SSSR count). The fourth-order valence-electron chi connectivity index (χ4n) is 8.51. The molecule has 0 spiro atoms. The highest BCUT2D eigenvalue weighted by Crippen LogP contribution is 2.48. The van der Waals surface area contributed by atoms with E-state index in [0.29, 0.717) is 0 Å². The quantitative estimate of drug-likeness (QED) is 0.171. The van der Waals surface area contributed by atoms with E-state index in [1.165, 1.54) is 10.8 Å². The standard InChI is InChI=1S/C43H34N6OSi/c1-43(2)28-14-13-23-37(49-36-22-12-11-21-35(36)48-32-18-8-6-16-30(32)45-42(48)49)40(28)50-38-25-24-27(26-39(38)51(43,3)4)46-33-19-9-10-20-34(33)47-31-17-7-5-15-29(31)44-41(46)47/h5-26H,1-4H3. The molecule has 0 saturated heterocycles. The second kappa shape index (κ2) is 9.77. The molecular formula is C43H34N6OSi. The summed E-state index contributed by atoms with van der Waals surface area (Å²) in [5.41, 5.74) is 11.9. The number of fused-ring (bicyclic) bond motifs is 12. The summed E-state index contributed by atoms with van der Waals surface area (Å²) in [5.74, 6) is 3.58. The van der Waals surface area contributed by atoms with Crippen molar-refractivity contribution in [2.75, 3.05) is 0 Å². The van der Waals surface area contributed by atoms with Crippen LogP contribution in [0, 0.1) is 0 Å². The largest absolute Gasteiger partial charge is 0.455 e. The smallest absolute Gasteiger partial charge is 0.220 e. The van der Waals surface area contributed by atoms with Crippen molar-refractivity contribution < 1.29 is 4.74 Å². The Kier molecular flexibility index (Phi) is 5.49. The molecule has 7 nitrogen and oxygen atoms in total. The zero-order chi connectivity index (χ0) is 34.2. The summed E-state index contributed by atoms with van der Waals surface area (Å²) in [6.45, 7) is 9.78. The number of imidazole rings is 4. The zero-order valence-corrected chi connectivity index (χ0v) is 29.8. The van der Waals surface area contributed by atoms with E-state index in [4.69, 9.17) is 14.7 Å². The van der Waals surface area contributed by atoms with E-state index in [1.54, 1.807) is 0 Å². The maximum atomic E-state index is 7.24. The van der Waals surface area contributed by atoms with Gasteiger partial charge < -0.3 is 4.74 Å². The average molecular weight is 679 g/mol. The molecule has 0 bridgehead atoms. The molecule has 0 N–H and O–H groups in total. The number of para-hydroxylation sites is 9. The minimum atomic E-state index is -2.29.